The van der Waals surface area contributed by atoms with Crippen LogP contribution in [0.1, 0.15) is 175 Å². The third-order valence-corrected chi connectivity index (χ3v) is 7.17. The molecule has 0 rings (SSSR count). The lowest BCUT2D eigenvalue weighted by Crippen LogP contribution is -2.13. The number of aliphatic hydroxyl groups is 1. The smallest absolute Gasteiger partial charge is 0.306 e. The van der Waals surface area contributed by atoms with Crippen LogP contribution >= 0.6 is 0 Å². The van der Waals surface area contributed by atoms with Crippen molar-refractivity contribution in [1.82, 2.24) is 0 Å². The second kappa shape index (κ2) is 27.0. The van der Waals surface area contributed by atoms with Crippen molar-refractivity contribution in [1.29, 1.82) is 0 Å². The third kappa shape index (κ3) is 26.0. The first-order valence-corrected chi connectivity index (χ1v) is 15.4. The van der Waals surface area contributed by atoms with Crippen molar-refractivity contribution in [2.75, 3.05) is 6.61 Å². The predicted molar refractivity (Wildman–Crippen MR) is 148 cm³/mol. The van der Waals surface area contributed by atoms with E-state index >= 15 is 0 Å². The van der Waals surface area contributed by atoms with E-state index in [2.05, 4.69) is 13.8 Å². The van der Waals surface area contributed by atoms with E-state index in [4.69, 9.17) is 4.74 Å². The molecule has 2 atom stereocenters. The molecule has 0 aliphatic carbocycles. The molecule has 3 nitrogen and oxygen atoms in total. The molecule has 2 unspecified atom stereocenters. The number of ether oxygens (including phenoxy) is 1. The zero-order chi connectivity index (χ0) is 25.1. The molecular formula is C31H62O3. The van der Waals surface area contributed by atoms with Gasteiger partial charge >= 0.3 is 5.97 Å². The van der Waals surface area contributed by atoms with Crippen molar-refractivity contribution < 1.29 is 14.6 Å². The van der Waals surface area contributed by atoms with E-state index in [1.807, 2.05) is 6.92 Å². The Balaban J connectivity index is 4.03. The molecule has 204 valence electrons. The van der Waals surface area contributed by atoms with Crippen molar-refractivity contribution in [2.45, 2.75) is 181 Å². The quantitative estimate of drug-likeness (QED) is 0.0935. The molecule has 0 saturated heterocycles. The van der Waals surface area contributed by atoms with E-state index in [0.717, 1.165) is 19.3 Å². The highest BCUT2D eigenvalue weighted by atomic mass is 16.5. The van der Waals surface area contributed by atoms with Gasteiger partial charge in [-0.3, -0.25) is 4.79 Å². The van der Waals surface area contributed by atoms with Gasteiger partial charge in [-0.25, -0.2) is 0 Å². The van der Waals surface area contributed by atoms with Gasteiger partial charge in [-0.05, 0) is 44.9 Å². The maximum atomic E-state index is 12.4. The number of carbonyl (C=O) groups excluding carboxylic acids is 1. The second-order valence-corrected chi connectivity index (χ2v) is 10.9. The molecular weight excluding hydrogens is 420 g/mol. The Morgan fingerprint density at radius 3 is 1.38 bits per heavy atom. The number of hydrogen-bond donors (Lipinski definition) is 1. The standard InChI is InChI=1S/C31H62O3/c1-4-6-8-10-12-14-15-17-19-21-26-30(25-20-18-16-13-11-9-7-5-2)28-31(33)34-27-23-22-24-29(3)32/h29-30,32H,4-28H2,1-3H3. The maximum Gasteiger partial charge on any atom is 0.306 e. The SMILES string of the molecule is CCCCCCCCCCCCC(CCCCCCCCCC)CC(=O)OCCCCC(C)O. The Morgan fingerprint density at radius 2 is 0.971 bits per heavy atom. The lowest BCUT2D eigenvalue weighted by atomic mass is 9.91. The van der Waals surface area contributed by atoms with Crippen LogP contribution < -0.4 is 0 Å². The van der Waals surface area contributed by atoms with Crippen molar-refractivity contribution in [3.05, 3.63) is 0 Å². The summed E-state index contributed by atoms with van der Waals surface area (Å²) in [6.07, 6.45) is 29.7. The molecule has 0 heterocycles. The third-order valence-electron chi connectivity index (χ3n) is 7.17. The van der Waals surface area contributed by atoms with Crippen molar-refractivity contribution >= 4 is 5.97 Å². The number of carbonyl (C=O) groups is 1. The minimum Gasteiger partial charge on any atom is -0.466 e. The maximum absolute atomic E-state index is 12.4. The van der Waals surface area contributed by atoms with Gasteiger partial charge in [0.1, 0.15) is 0 Å². The average Bonchev–Trinajstić information content (AvgIpc) is 2.81. The summed E-state index contributed by atoms with van der Waals surface area (Å²) < 4.78 is 5.52. The van der Waals surface area contributed by atoms with Gasteiger partial charge in [0.2, 0.25) is 0 Å². The van der Waals surface area contributed by atoms with E-state index < -0.39 is 0 Å². The highest BCUT2D eigenvalue weighted by Crippen LogP contribution is 2.23. The lowest BCUT2D eigenvalue weighted by molar-refractivity contribution is -0.145. The van der Waals surface area contributed by atoms with Crippen LogP contribution in [0, 0.1) is 5.92 Å². The van der Waals surface area contributed by atoms with Crippen molar-refractivity contribution in [3.8, 4) is 0 Å². The van der Waals surface area contributed by atoms with Gasteiger partial charge < -0.3 is 9.84 Å². The monoisotopic (exact) mass is 482 g/mol. The first-order valence-electron chi connectivity index (χ1n) is 15.4. The summed E-state index contributed by atoms with van der Waals surface area (Å²) in [6, 6.07) is 0. The summed E-state index contributed by atoms with van der Waals surface area (Å²) in [7, 11) is 0. The lowest BCUT2D eigenvalue weighted by Gasteiger charge is -2.16. The van der Waals surface area contributed by atoms with Crippen molar-refractivity contribution in [2.24, 2.45) is 5.92 Å². The van der Waals surface area contributed by atoms with Crippen LogP contribution in [-0.2, 0) is 9.53 Å². The molecule has 3 heteroatoms. The van der Waals surface area contributed by atoms with Crippen LogP contribution in [0.15, 0.2) is 0 Å². The molecule has 0 amide bonds. The highest BCUT2D eigenvalue weighted by molar-refractivity contribution is 5.69. The second-order valence-electron chi connectivity index (χ2n) is 10.9. The van der Waals surface area contributed by atoms with Gasteiger partial charge in [0.05, 0.1) is 12.7 Å². The van der Waals surface area contributed by atoms with E-state index in [0.29, 0.717) is 18.9 Å². The van der Waals surface area contributed by atoms with E-state index in [1.165, 1.54) is 128 Å². The van der Waals surface area contributed by atoms with Crippen LogP contribution in [0.5, 0.6) is 0 Å². The summed E-state index contributed by atoms with van der Waals surface area (Å²) in [5, 5.41) is 9.34. The molecule has 0 aliphatic heterocycles. The highest BCUT2D eigenvalue weighted by Gasteiger charge is 2.15. The molecule has 0 aromatic heterocycles. The topological polar surface area (TPSA) is 46.5 Å². The Labute approximate surface area is 214 Å². The molecule has 0 spiro atoms. The van der Waals surface area contributed by atoms with Gasteiger partial charge in [0.25, 0.3) is 0 Å². The first-order chi connectivity index (χ1) is 16.6. The van der Waals surface area contributed by atoms with E-state index in [-0.39, 0.29) is 12.1 Å². The number of rotatable bonds is 27. The summed E-state index contributed by atoms with van der Waals surface area (Å²) in [5.41, 5.74) is 0. The largest absolute Gasteiger partial charge is 0.466 e. The first kappa shape index (κ1) is 33.4. The fourth-order valence-electron chi connectivity index (χ4n) is 4.86. The van der Waals surface area contributed by atoms with Crippen LogP contribution in [0.2, 0.25) is 0 Å². The predicted octanol–water partition coefficient (Wildman–Crippen LogP) is 9.93. The summed E-state index contributed by atoms with van der Waals surface area (Å²) in [6.45, 7) is 6.88. The normalized spacial score (nSPS) is 13.2. The molecule has 34 heavy (non-hydrogen) atoms. The van der Waals surface area contributed by atoms with Gasteiger partial charge in [-0.1, -0.05) is 129 Å². The fourth-order valence-corrected chi connectivity index (χ4v) is 4.86. The van der Waals surface area contributed by atoms with E-state index in [1.54, 1.807) is 0 Å². The molecule has 0 radical (unpaired) electrons. The summed E-state index contributed by atoms with van der Waals surface area (Å²) in [5.74, 6) is 0.493. The van der Waals surface area contributed by atoms with Gasteiger partial charge in [0.15, 0.2) is 0 Å². The minimum atomic E-state index is -0.257. The zero-order valence-electron chi connectivity index (χ0n) is 23.6. The average molecular weight is 483 g/mol. The summed E-state index contributed by atoms with van der Waals surface area (Å²) in [4.78, 5) is 12.4. The van der Waals surface area contributed by atoms with Crippen LogP contribution in [0.4, 0.5) is 0 Å². The molecule has 0 fully saturated rings. The van der Waals surface area contributed by atoms with Gasteiger partial charge in [-0.15, -0.1) is 0 Å². The molecule has 0 bridgehead atoms. The molecule has 0 aromatic rings. The van der Waals surface area contributed by atoms with Crippen LogP contribution in [-0.4, -0.2) is 23.8 Å². The Morgan fingerprint density at radius 1 is 0.588 bits per heavy atom. The number of hydrogen-bond acceptors (Lipinski definition) is 3. The van der Waals surface area contributed by atoms with Crippen molar-refractivity contribution in [3.63, 3.8) is 0 Å². The Kier molecular flexibility index (Phi) is 26.6. The Hall–Kier alpha value is -0.570. The number of esters is 1. The fraction of sp³-hybridized carbons (Fsp3) is 0.968. The molecule has 0 aliphatic rings. The molecule has 1 N–H and O–H groups in total. The summed E-state index contributed by atoms with van der Waals surface area (Å²) >= 11 is 0. The van der Waals surface area contributed by atoms with Crippen LogP contribution in [0.3, 0.4) is 0 Å². The molecule has 0 aromatic carbocycles. The van der Waals surface area contributed by atoms with Crippen LogP contribution in [0.25, 0.3) is 0 Å². The minimum absolute atomic E-state index is 0.00584. The number of unbranched alkanes of at least 4 members (excludes halogenated alkanes) is 17. The van der Waals surface area contributed by atoms with E-state index in [9.17, 15) is 9.90 Å². The Bertz CT molecular complexity index is 407. The van der Waals surface area contributed by atoms with Gasteiger partial charge in [-0.2, -0.15) is 0 Å². The van der Waals surface area contributed by atoms with Gasteiger partial charge in [0, 0.05) is 6.42 Å². The number of aliphatic hydroxyl groups excluding tert-OH is 1. The zero-order valence-corrected chi connectivity index (χ0v) is 23.6. The molecule has 0 saturated carbocycles.